The Kier molecular flexibility index (Phi) is 6.33. The Hall–Kier alpha value is -4.25. The third-order valence-electron chi connectivity index (χ3n) is 7.84. The molecule has 2 aliphatic rings. The molecule has 11 heteroatoms. The lowest BCUT2D eigenvalue weighted by molar-refractivity contribution is -0.140. The number of hydrogen-bond donors (Lipinski definition) is 1. The predicted octanol–water partition coefficient (Wildman–Crippen LogP) is 4.50. The number of benzene rings is 1. The normalized spacial score (nSPS) is 18.2. The van der Waals surface area contributed by atoms with Gasteiger partial charge in [-0.3, -0.25) is 4.79 Å². The number of rotatable bonds is 6. The number of hydrogen-bond acceptors (Lipinski definition) is 5. The number of carbonyl (C=O) groups excluding carboxylic acids is 1. The number of morpholine rings is 1. The average molecular weight is 551 g/mol. The van der Waals surface area contributed by atoms with Crippen molar-refractivity contribution in [2.45, 2.75) is 37.7 Å². The van der Waals surface area contributed by atoms with Gasteiger partial charge in [-0.2, -0.15) is 0 Å². The Morgan fingerprint density at radius 2 is 1.93 bits per heavy atom. The van der Waals surface area contributed by atoms with E-state index in [-0.39, 0.29) is 29.9 Å². The van der Waals surface area contributed by atoms with Crippen LogP contribution in [0.2, 0.25) is 0 Å². The lowest BCUT2D eigenvalue weighted by atomic mass is 10.00. The van der Waals surface area contributed by atoms with Crippen molar-refractivity contribution in [1.82, 2.24) is 18.9 Å². The van der Waals surface area contributed by atoms with Crippen molar-refractivity contribution in [3.05, 3.63) is 77.4 Å². The Labute approximate surface area is 228 Å². The zero-order valence-electron chi connectivity index (χ0n) is 22.1. The number of fused-ring (bicyclic) bond motifs is 1. The van der Waals surface area contributed by atoms with Crippen molar-refractivity contribution in [2.24, 2.45) is 0 Å². The first kappa shape index (κ1) is 26.0. The molecular formula is C29H28F2N4O5. The molecule has 40 heavy (non-hydrogen) atoms. The number of carboxylic acids is 1. The van der Waals surface area contributed by atoms with E-state index in [1.165, 1.54) is 23.8 Å². The average Bonchev–Trinajstić information content (AvgIpc) is 3.48. The van der Waals surface area contributed by atoms with Gasteiger partial charge in [0.25, 0.3) is 0 Å². The van der Waals surface area contributed by atoms with Crippen molar-refractivity contribution in [1.29, 1.82) is 0 Å². The highest BCUT2D eigenvalue weighted by Crippen LogP contribution is 2.48. The van der Waals surface area contributed by atoms with Gasteiger partial charge >= 0.3 is 12.1 Å². The zero-order chi connectivity index (χ0) is 28.2. The van der Waals surface area contributed by atoms with E-state index in [9.17, 15) is 14.7 Å². The minimum atomic E-state index is -0.920. The van der Waals surface area contributed by atoms with Crippen molar-refractivity contribution >= 4 is 17.7 Å². The molecule has 4 aromatic rings. The van der Waals surface area contributed by atoms with Crippen LogP contribution in [0.5, 0.6) is 0 Å². The van der Waals surface area contributed by atoms with Crippen LogP contribution in [-0.2, 0) is 26.1 Å². The fraction of sp³-hybridized carbons (Fsp3) is 0.345. The molecule has 1 amide bonds. The molecule has 1 aromatic carbocycles. The highest BCUT2D eigenvalue weighted by atomic mass is 19.1. The molecule has 1 aliphatic carbocycles. The minimum absolute atomic E-state index is 0.155. The fourth-order valence-corrected chi connectivity index (χ4v) is 5.47. The zero-order valence-corrected chi connectivity index (χ0v) is 22.1. The van der Waals surface area contributed by atoms with Crippen LogP contribution in [-0.4, -0.2) is 68.9 Å². The number of nitrogens with zero attached hydrogens (tertiary/aromatic N) is 4. The van der Waals surface area contributed by atoms with E-state index in [2.05, 4.69) is 4.98 Å². The number of ether oxygens (including phenoxy) is 2. The van der Waals surface area contributed by atoms with Gasteiger partial charge in [-0.05, 0) is 61.2 Å². The molecule has 208 valence electrons. The second-order valence-electron chi connectivity index (χ2n) is 10.4. The molecular weight excluding hydrogens is 522 g/mol. The van der Waals surface area contributed by atoms with Crippen LogP contribution in [0.1, 0.15) is 29.7 Å². The molecule has 9 nitrogen and oxygen atoms in total. The molecule has 1 atom stereocenters. The summed E-state index contributed by atoms with van der Waals surface area (Å²) in [4.78, 5) is 29.9. The van der Waals surface area contributed by atoms with E-state index in [1.807, 2.05) is 19.1 Å². The Balaban J connectivity index is 1.38. The molecule has 1 saturated carbocycles. The summed E-state index contributed by atoms with van der Waals surface area (Å²) in [7, 11) is 1.32. The molecule has 4 heterocycles. The van der Waals surface area contributed by atoms with Crippen LogP contribution >= 0.6 is 0 Å². The monoisotopic (exact) mass is 550 g/mol. The second kappa shape index (κ2) is 9.74. The summed E-state index contributed by atoms with van der Waals surface area (Å²) in [5, 5.41) is 9.59. The van der Waals surface area contributed by atoms with Crippen LogP contribution in [0.3, 0.4) is 0 Å². The smallest absolute Gasteiger partial charge is 0.409 e. The van der Waals surface area contributed by atoms with E-state index in [0.29, 0.717) is 42.9 Å². The number of imidazole rings is 1. The highest BCUT2D eigenvalue weighted by molar-refractivity contribution is 5.84. The van der Waals surface area contributed by atoms with Crippen LogP contribution < -0.4 is 0 Å². The van der Waals surface area contributed by atoms with E-state index in [0.717, 1.165) is 5.56 Å². The third kappa shape index (κ3) is 4.40. The lowest BCUT2D eigenvalue weighted by Crippen LogP contribution is -2.46. The summed E-state index contributed by atoms with van der Waals surface area (Å²) < 4.78 is 45.6. The number of amides is 1. The minimum Gasteiger partial charge on any atom is -0.481 e. The molecule has 1 saturated heterocycles. The van der Waals surface area contributed by atoms with Gasteiger partial charge in [0.15, 0.2) is 0 Å². The van der Waals surface area contributed by atoms with Gasteiger partial charge < -0.3 is 28.4 Å². The number of aromatic nitrogens is 3. The first-order chi connectivity index (χ1) is 19.2. The van der Waals surface area contributed by atoms with Crippen LogP contribution in [0.15, 0.2) is 48.9 Å². The molecule has 0 unspecified atom stereocenters. The molecule has 1 aliphatic heterocycles. The molecule has 6 rings (SSSR count). The molecule has 3 aromatic heterocycles. The summed E-state index contributed by atoms with van der Waals surface area (Å²) in [6.45, 7) is 2.87. The van der Waals surface area contributed by atoms with Gasteiger partial charge in [0.1, 0.15) is 17.3 Å². The van der Waals surface area contributed by atoms with E-state index >= 15 is 8.78 Å². The molecule has 1 N–H and O–H groups in total. The molecule has 0 bridgehead atoms. The number of aliphatic carboxylic acids is 1. The molecule has 0 spiro atoms. The number of aryl methyl sites for hydroxylation is 1. The number of carboxylic acid groups (broad SMARTS) is 1. The van der Waals surface area contributed by atoms with Gasteiger partial charge in [0.2, 0.25) is 0 Å². The fourth-order valence-electron chi connectivity index (χ4n) is 5.47. The maximum Gasteiger partial charge on any atom is 0.409 e. The topological polar surface area (TPSA) is 98.3 Å². The van der Waals surface area contributed by atoms with E-state index in [1.54, 1.807) is 34.0 Å². The summed E-state index contributed by atoms with van der Waals surface area (Å²) >= 11 is 0. The van der Waals surface area contributed by atoms with Gasteiger partial charge in [-0.25, -0.2) is 18.6 Å². The number of pyridine rings is 1. The summed E-state index contributed by atoms with van der Waals surface area (Å²) in [6, 6.07) is 7.83. The van der Waals surface area contributed by atoms with E-state index in [4.69, 9.17) is 9.47 Å². The van der Waals surface area contributed by atoms with Gasteiger partial charge in [0.05, 0.1) is 54.4 Å². The van der Waals surface area contributed by atoms with E-state index < -0.39 is 35.2 Å². The third-order valence-corrected chi connectivity index (χ3v) is 7.84. The Bertz CT molecular complexity index is 1620. The Morgan fingerprint density at radius 1 is 1.18 bits per heavy atom. The van der Waals surface area contributed by atoms with Gasteiger partial charge in [-0.1, -0.05) is 0 Å². The maximum atomic E-state index is 15.7. The predicted molar refractivity (Wildman–Crippen MR) is 141 cm³/mol. The summed E-state index contributed by atoms with van der Waals surface area (Å²) in [6.07, 6.45) is 5.46. The number of carbonyl (C=O) groups is 2. The molecule has 2 fully saturated rings. The number of methoxy groups -OCH3 is 1. The van der Waals surface area contributed by atoms with Crippen LogP contribution in [0.4, 0.5) is 13.6 Å². The van der Waals surface area contributed by atoms with Crippen molar-refractivity contribution < 1.29 is 33.0 Å². The second-order valence-corrected chi connectivity index (χ2v) is 10.4. The maximum absolute atomic E-state index is 15.7. The lowest BCUT2D eigenvalue weighted by Gasteiger charge is -2.32. The van der Waals surface area contributed by atoms with Gasteiger partial charge in [-0.15, -0.1) is 0 Å². The standard InChI is InChI=1S/C29H28F2N4O5/c1-17-3-8-35-23(14-20-16-34(9-10-40-20)28(38)39-2)26(32-24(35)11-17)25-21(30)12-19(13-22(25)31)33-7-4-18(15-33)29(5-6-29)27(36)37/h3-4,7-8,11-13,15,20H,5-6,9-10,14,16H2,1-2H3,(H,36,37)/t20-/m0/s1. The quantitative estimate of drug-likeness (QED) is 0.380. The molecule has 0 radical (unpaired) electrons. The van der Waals surface area contributed by atoms with Crippen molar-refractivity contribution in [3.8, 4) is 16.9 Å². The van der Waals surface area contributed by atoms with Crippen LogP contribution in [0.25, 0.3) is 22.6 Å². The van der Waals surface area contributed by atoms with Crippen molar-refractivity contribution in [3.63, 3.8) is 0 Å². The van der Waals surface area contributed by atoms with Crippen LogP contribution in [0, 0.1) is 18.6 Å². The Morgan fingerprint density at radius 3 is 2.60 bits per heavy atom. The largest absolute Gasteiger partial charge is 0.481 e. The van der Waals surface area contributed by atoms with Gasteiger partial charge in [0, 0.05) is 31.6 Å². The number of halogens is 2. The van der Waals surface area contributed by atoms with Crippen molar-refractivity contribution in [2.75, 3.05) is 26.8 Å². The highest BCUT2D eigenvalue weighted by Gasteiger charge is 2.52. The summed E-state index contributed by atoms with van der Waals surface area (Å²) in [5.74, 6) is -2.50. The first-order valence-electron chi connectivity index (χ1n) is 13.0. The summed E-state index contributed by atoms with van der Waals surface area (Å²) in [5.41, 5.74) is 1.84. The first-order valence-corrected chi connectivity index (χ1v) is 13.0. The SMILES string of the molecule is COC(=O)N1CCO[C@@H](Cc2c(-c3c(F)cc(-n4ccc(C5(C(=O)O)CC5)c4)cc3F)nc3cc(C)ccn23)C1.